The minimum absolute atomic E-state index is 0.0995. The first kappa shape index (κ1) is 13.7. The summed E-state index contributed by atoms with van der Waals surface area (Å²) in [6.45, 7) is 1.96. The molecule has 2 amide bonds. The molecule has 2 N–H and O–H groups in total. The van der Waals surface area contributed by atoms with Gasteiger partial charge in [0.05, 0.1) is 32.3 Å². The van der Waals surface area contributed by atoms with Gasteiger partial charge in [-0.05, 0) is 0 Å². The van der Waals surface area contributed by atoms with E-state index in [0.29, 0.717) is 26.3 Å². The Hall–Kier alpha value is -1.34. The number of carboxylic acids is 1. The quantitative estimate of drug-likeness (QED) is 0.639. The molecule has 1 fully saturated rings. The highest BCUT2D eigenvalue weighted by Crippen LogP contribution is 2.10. The summed E-state index contributed by atoms with van der Waals surface area (Å²) in [6, 6.07) is -0.666. The maximum atomic E-state index is 11.8. The van der Waals surface area contributed by atoms with Gasteiger partial charge >= 0.3 is 12.0 Å². The minimum atomic E-state index is -0.935. The average molecular weight is 246 g/mol. The first-order valence-electron chi connectivity index (χ1n) is 5.48. The summed E-state index contributed by atoms with van der Waals surface area (Å²) in [7, 11) is 1.55. The molecule has 0 aliphatic carbocycles. The van der Waals surface area contributed by atoms with Crippen molar-refractivity contribution in [2.75, 3.05) is 40.0 Å². The Labute approximate surface area is 99.7 Å². The van der Waals surface area contributed by atoms with Crippen LogP contribution >= 0.6 is 0 Å². The molecule has 0 aromatic heterocycles. The number of nitrogens with zero attached hydrogens (tertiary/aromatic N) is 1. The maximum absolute atomic E-state index is 11.8. The normalized spacial score (nSPS) is 20.1. The zero-order valence-corrected chi connectivity index (χ0v) is 9.85. The van der Waals surface area contributed by atoms with Crippen LogP contribution in [0, 0.1) is 0 Å². The Morgan fingerprint density at radius 3 is 3.00 bits per heavy atom. The molecule has 1 rings (SSSR count). The molecule has 0 saturated carbocycles. The van der Waals surface area contributed by atoms with Crippen molar-refractivity contribution in [3.8, 4) is 0 Å². The smallest absolute Gasteiger partial charge is 0.317 e. The van der Waals surface area contributed by atoms with E-state index in [1.807, 2.05) is 0 Å². The molecule has 1 aliphatic heterocycles. The van der Waals surface area contributed by atoms with Crippen LogP contribution in [-0.4, -0.2) is 68.1 Å². The van der Waals surface area contributed by atoms with E-state index in [9.17, 15) is 9.59 Å². The molecule has 0 radical (unpaired) electrons. The number of carbonyl (C=O) groups excluding carboxylic acids is 1. The van der Waals surface area contributed by atoms with Gasteiger partial charge in [0, 0.05) is 20.2 Å². The van der Waals surface area contributed by atoms with Gasteiger partial charge in [-0.2, -0.15) is 0 Å². The summed E-state index contributed by atoms with van der Waals surface area (Å²) < 4.78 is 10.00. The molecule has 0 spiro atoms. The number of nitrogens with one attached hydrogen (secondary N) is 1. The summed E-state index contributed by atoms with van der Waals surface area (Å²) in [5, 5.41) is 11.4. The zero-order chi connectivity index (χ0) is 12.7. The van der Waals surface area contributed by atoms with Crippen molar-refractivity contribution in [3.63, 3.8) is 0 Å². The van der Waals surface area contributed by atoms with Crippen molar-refractivity contribution < 1.29 is 24.2 Å². The highest BCUT2D eigenvalue weighted by atomic mass is 16.5. The van der Waals surface area contributed by atoms with Crippen LogP contribution in [0.5, 0.6) is 0 Å². The van der Waals surface area contributed by atoms with Gasteiger partial charge in [-0.1, -0.05) is 0 Å². The van der Waals surface area contributed by atoms with Crippen molar-refractivity contribution in [1.29, 1.82) is 0 Å². The second-order valence-corrected chi connectivity index (χ2v) is 3.74. The molecule has 7 heteroatoms. The summed E-state index contributed by atoms with van der Waals surface area (Å²) in [6.07, 6.45) is -0.0995. The summed E-state index contributed by atoms with van der Waals surface area (Å²) in [5.41, 5.74) is 0. The fourth-order valence-electron chi connectivity index (χ4n) is 1.65. The standard InChI is InChI=1S/C10H18N2O5/c1-16-4-2-11-10(15)12-3-5-17-7-8(12)6-9(13)14/h8H,2-7H2,1H3,(H,11,15)(H,13,14). The lowest BCUT2D eigenvalue weighted by atomic mass is 10.1. The third kappa shape index (κ3) is 4.58. The number of hydrogen-bond donors (Lipinski definition) is 2. The third-order valence-electron chi connectivity index (χ3n) is 2.48. The van der Waals surface area contributed by atoms with Crippen LogP contribution in [0.15, 0.2) is 0 Å². The molecule has 1 unspecified atom stereocenters. The van der Waals surface area contributed by atoms with Crippen LogP contribution < -0.4 is 5.32 Å². The lowest BCUT2D eigenvalue weighted by Gasteiger charge is -2.34. The van der Waals surface area contributed by atoms with Gasteiger partial charge in [0.15, 0.2) is 0 Å². The monoisotopic (exact) mass is 246 g/mol. The second-order valence-electron chi connectivity index (χ2n) is 3.74. The van der Waals surface area contributed by atoms with E-state index >= 15 is 0 Å². The topological polar surface area (TPSA) is 88.1 Å². The van der Waals surface area contributed by atoms with E-state index in [1.54, 1.807) is 7.11 Å². The zero-order valence-electron chi connectivity index (χ0n) is 9.85. The van der Waals surface area contributed by atoms with Gasteiger partial charge in [-0.25, -0.2) is 4.79 Å². The molecule has 1 saturated heterocycles. The Kier molecular flexibility index (Phi) is 5.71. The number of methoxy groups -OCH3 is 1. The first-order chi connectivity index (χ1) is 8.15. The average Bonchev–Trinajstić information content (AvgIpc) is 2.29. The summed E-state index contributed by atoms with van der Waals surface area (Å²) in [5.74, 6) is -0.935. The minimum Gasteiger partial charge on any atom is -0.481 e. The van der Waals surface area contributed by atoms with Crippen LogP contribution in [0.4, 0.5) is 4.79 Å². The van der Waals surface area contributed by atoms with E-state index < -0.39 is 12.0 Å². The Balaban J connectivity index is 2.45. The molecule has 0 bridgehead atoms. The number of carbonyl (C=O) groups is 2. The van der Waals surface area contributed by atoms with Crippen molar-refractivity contribution >= 4 is 12.0 Å². The second kappa shape index (κ2) is 7.08. The van der Waals surface area contributed by atoms with Crippen molar-refractivity contribution in [2.45, 2.75) is 12.5 Å². The number of hydrogen-bond acceptors (Lipinski definition) is 4. The van der Waals surface area contributed by atoms with Gasteiger partial charge < -0.3 is 24.8 Å². The number of ether oxygens (including phenoxy) is 2. The predicted octanol–water partition coefficient (Wildman–Crippen LogP) is -0.482. The van der Waals surface area contributed by atoms with Gasteiger partial charge in [0.25, 0.3) is 0 Å². The van der Waals surface area contributed by atoms with Gasteiger partial charge in [0.2, 0.25) is 0 Å². The fourth-order valence-corrected chi connectivity index (χ4v) is 1.65. The van der Waals surface area contributed by atoms with Crippen LogP contribution in [-0.2, 0) is 14.3 Å². The molecule has 1 atom stereocenters. The van der Waals surface area contributed by atoms with Crippen LogP contribution in [0.1, 0.15) is 6.42 Å². The summed E-state index contributed by atoms with van der Waals surface area (Å²) >= 11 is 0. The Morgan fingerprint density at radius 2 is 2.35 bits per heavy atom. The molecule has 17 heavy (non-hydrogen) atoms. The van der Waals surface area contributed by atoms with Crippen molar-refractivity contribution in [2.24, 2.45) is 0 Å². The molecule has 0 aromatic rings. The lowest BCUT2D eigenvalue weighted by Crippen LogP contribution is -2.53. The van der Waals surface area contributed by atoms with Gasteiger partial charge in [-0.15, -0.1) is 0 Å². The van der Waals surface area contributed by atoms with Crippen LogP contribution in [0.3, 0.4) is 0 Å². The van der Waals surface area contributed by atoms with E-state index in [0.717, 1.165) is 0 Å². The lowest BCUT2D eigenvalue weighted by molar-refractivity contribution is -0.139. The highest BCUT2D eigenvalue weighted by molar-refractivity contribution is 5.76. The molecular weight excluding hydrogens is 228 g/mol. The molecule has 1 heterocycles. The van der Waals surface area contributed by atoms with E-state index in [-0.39, 0.29) is 19.1 Å². The SMILES string of the molecule is COCCNC(=O)N1CCOCC1CC(=O)O. The number of carboxylic acid groups (broad SMARTS) is 1. The summed E-state index contributed by atoms with van der Waals surface area (Å²) in [4.78, 5) is 23.9. The molecule has 7 nitrogen and oxygen atoms in total. The van der Waals surface area contributed by atoms with Crippen LogP contribution in [0.2, 0.25) is 0 Å². The van der Waals surface area contributed by atoms with E-state index in [4.69, 9.17) is 14.6 Å². The van der Waals surface area contributed by atoms with Crippen molar-refractivity contribution in [3.05, 3.63) is 0 Å². The highest BCUT2D eigenvalue weighted by Gasteiger charge is 2.28. The van der Waals surface area contributed by atoms with E-state index in [1.165, 1.54) is 4.90 Å². The number of amides is 2. The molecule has 1 aliphatic rings. The Morgan fingerprint density at radius 1 is 1.59 bits per heavy atom. The first-order valence-corrected chi connectivity index (χ1v) is 5.48. The number of aliphatic carboxylic acids is 1. The number of rotatable bonds is 5. The molecule has 98 valence electrons. The number of urea groups is 1. The third-order valence-corrected chi connectivity index (χ3v) is 2.48. The Bertz CT molecular complexity index is 271. The predicted molar refractivity (Wildman–Crippen MR) is 58.8 cm³/mol. The van der Waals surface area contributed by atoms with Crippen LogP contribution in [0.25, 0.3) is 0 Å². The maximum Gasteiger partial charge on any atom is 0.317 e. The number of morpholine rings is 1. The van der Waals surface area contributed by atoms with Crippen molar-refractivity contribution in [1.82, 2.24) is 10.2 Å². The molecule has 0 aromatic carbocycles. The van der Waals surface area contributed by atoms with Gasteiger partial charge in [0.1, 0.15) is 0 Å². The fraction of sp³-hybridized carbons (Fsp3) is 0.800. The van der Waals surface area contributed by atoms with Gasteiger partial charge in [-0.3, -0.25) is 4.79 Å². The van der Waals surface area contributed by atoms with E-state index in [2.05, 4.69) is 5.32 Å². The largest absolute Gasteiger partial charge is 0.481 e. The molecular formula is C10H18N2O5.